The summed E-state index contributed by atoms with van der Waals surface area (Å²) in [4.78, 5) is 25.0. The molecule has 0 aliphatic heterocycles. The van der Waals surface area contributed by atoms with Crippen molar-refractivity contribution < 1.29 is 18.7 Å². The molecule has 28 heavy (non-hydrogen) atoms. The topological polar surface area (TPSA) is 65.7 Å². The largest absolute Gasteiger partial charge is 0.474 e. The number of esters is 1. The molecule has 0 bridgehead atoms. The first kappa shape index (κ1) is 20.2. The van der Waals surface area contributed by atoms with Crippen LogP contribution in [0.15, 0.2) is 51.7 Å². The molecule has 0 fully saturated rings. The van der Waals surface area contributed by atoms with E-state index in [0.717, 1.165) is 0 Å². The highest BCUT2D eigenvalue weighted by Crippen LogP contribution is 2.35. The molecule has 5 nitrogen and oxygen atoms in total. The third-order valence-electron chi connectivity index (χ3n) is 3.84. The number of hydrogen-bond donors (Lipinski definition) is 0. The number of rotatable bonds is 6. The lowest BCUT2D eigenvalue weighted by molar-refractivity contribution is -0.147. The van der Waals surface area contributed by atoms with E-state index in [1.165, 1.54) is 6.07 Å². The van der Waals surface area contributed by atoms with Crippen LogP contribution in [0.25, 0.3) is 22.3 Å². The van der Waals surface area contributed by atoms with Crippen LogP contribution in [0.5, 0.6) is 5.75 Å². The van der Waals surface area contributed by atoms with Gasteiger partial charge < -0.3 is 13.9 Å². The Bertz CT molecular complexity index is 1070. The normalized spacial score (nSPS) is 11.0. The van der Waals surface area contributed by atoms with Gasteiger partial charge in [0.2, 0.25) is 11.2 Å². The van der Waals surface area contributed by atoms with Gasteiger partial charge in [-0.1, -0.05) is 49.2 Å². The smallest absolute Gasteiger partial charge is 0.344 e. The number of fused-ring (bicyclic) bond motifs is 1. The molecule has 0 saturated heterocycles. The molecule has 1 aromatic heterocycles. The molecule has 7 heteroatoms. The minimum atomic E-state index is -0.579. The van der Waals surface area contributed by atoms with Gasteiger partial charge in [-0.25, -0.2) is 4.79 Å². The fraction of sp³-hybridized carbons (Fsp3) is 0.238. The number of ether oxygens (including phenoxy) is 2. The predicted octanol–water partition coefficient (Wildman–Crippen LogP) is 5.34. The zero-order valence-electron chi connectivity index (χ0n) is 15.3. The molecule has 0 aliphatic rings. The SMILES string of the molecule is CC(C)COC(=O)COc1c(-c2ccccc2Cl)oc2ccc(Cl)cc2c1=O. The lowest BCUT2D eigenvalue weighted by Crippen LogP contribution is -2.20. The van der Waals surface area contributed by atoms with Gasteiger partial charge in [0.25, 0.3) is 0 Å². The van der Waals surface area contributed by atoms with E-state index < -0.39 is 18.0 Å². The molecular weight excluding hydrogens is 403 g/mol. The maximum absolute atomic E-state index is 13.0. The van der Waals surface area contributed by atoms with Gasteiger partial charge in [0.1, 0.15) is 5.58 Å². The van der Waals surface area contributed by atoms with Crippen LogP contribution in [0, 0.1) is 5.92 Å². The average molecular weight is 421 g/mol. The van der Waals surface area contributed by atoms with Gasteiger partial charge in [0.05, 0.1) is 17.0 Å². The molecule has 1 heterocycles. The maximum Gasteiger partial charge on any atom is 0.344 e. The van der Waals surface area contributed by atoms with Crippen LogP contribution in [-0.2, 0) is 9.53 Å². The fourth-order valence-electron chi connectivity index (χ4n) is 2.54. The minimum absolute atomic E-state index is 0.121. The van der Waals surface area contributed by atoms with Crippen molar-refractivity contribution in [1.29, 1.82) is 0 Å². The maximum atomic E-state index is 13.0. The summed E-state index contributed by atoms with van der Waals surface area (Å²) in [5.41, 5.74) is 0.359. The summed E-state index contributed by atoms with van der Waals surface area (Å²) < 4.78 is 16.5. The molecule has 0 aliphatic carbocycles. The molecule has 3 rings (SSSR count). The van der Waals surface area contributed by atoms with E-state index in [1.54, 1.807) is 36.4 Å². The second-order valence-corrected chi connectivity index (χ2v) is 7.42. The van der Waals surface area contributed by atoms with Crippen LogP contribution in [0.4, 0.5) is 0 Å². The highest BCUT2D eigenvalue weighted by molar-refractivity contribution is 6.33. The summed E-state index contributed by atoms with van der Waals surface area (Å²) in [6, 6.07) is 11.6. The van der Waals surface area contributed by atoms with E-state index in [-0.39, 0.29) is 29.4 Å². The Morgan fingerprint density at radius 2 is 1.89 bits per heavy atom. The highest BCUT2D eigenvalue weighted by Gasteiger charge is 2.21. The summed E-state index contributed by atoms with van der Waals surface area (Å²) in [6.07, 6.45) is 0. The first-order valence-corrected chi connectivity index (χ1v) is 9.42. The first-order valence-electron chi connectivity index (χ1n) is 8.66. The Labute approximate surface area is 171 Å². The van der Waals surface area contributed by atoms with E-state index in [9.17, 15) is 9.59 Å². The summed E-state index contributed by atoms with van der Waals surface area (Å²) in [5, 5.41) is 1.01. The van der Waals surface area contributed by atoms with Crippen molar-refractivity contribution in [1.82, 2.24) is 0 Å². The third kappa shape index (κ3) is 4.49. The Morgan fingerprint density at radius 1 is 1.14 bits per heavy atom. The van der Waals surface area contributed by atoms with Crippen molar-refractivity contribution in [2.24, 2.45) is 5.92 Å². The van der Waals surface area contributed by atoms with Crippen LogP contribution < -0.4 is 10.2 Å². The van der Waals surface area contributed by atoms with Crippen molar-refractivity contribution in [3.8, 4) is 17.1 Å². The van der Waals surface area contributed by atoms with Crippen LogP contribution in [0.3, 0.4) is 0 Å². The number of benzene rings is 2. The molecule has 0 spiro atoms. The van der Waals surface area contributed by atoms with Crippen molar-refractivity contribution >= 4 is 40.1 Å². The van der Waals surface area contributed by atoms with E-state index in [2.05, 4.69) is 0 Å². The molecule has 3 aromatic rings. The average Bonchev–Trinajstić information content (AvgIpc) is 2.66. The van der Waals surface area contributed by atoms with Crippen LogP contribution in [0.2, 0.25) is 10.0 Å². The second-order valence-electron chi connectivity index (χ2n) is 6.58. The van der Waals surface area contributed by atoms with Gasteiger partial charge in [-0.3, -0.25) is 4.79 Å². The van der Waals surface area contributed by atoms with Crippen molar-refractivity contribution in [3.05, 3.63) is 62.7 Å². The van der Waals surface area contributed by atoms with Crippen LogP contribution >= 0.6 is 23.2 Å². The van der Waals surface area contributed by atoms with E-state index in [4.69, 9.17) is 37.1 Å². The summed E-state index contributed by atoms with van der Waals surface area (Å²) in [6.45, 7) is 3.68. The van der Waals surface area contributed by atoms with Crippen molar-refractivity contribution in [2.45, 2.75) is 13.8 Å². The van der Waals surface area contributed by atoms with Gasteiger partial charge >= 0.3 is 5.97 Å². The van der Waals surface area contributed by atoms with Gasteiger partial charge in [-0.2, -0.15) is 0 Å². The Hall–Kier alpha value is -2.50. The Balaban J connectivity index is 2.06. The van der Waals surface area contributed by atoms with Gasteiger partial charge in [0.15, 0.2) is 12.4 Å². The van der Waals surface area contributed by atoms with E-state index in [1.807, 2.05) is 13.8 Å². The molecule has 0 saturated carbocycles. The van der Waals surface area contributed by atoms with E-state index in [0.29, 0.717) is 21.2 Å². The fourth-order valence-corrected chi connectivity index (χ4v) is 2.93. The lowest BCUT2D eigenvalue weighted by atomic mass is 10.1. The van der Waals surface area contributed by atoms with E-state index >= 15 is 0 Å². The minimum Gasteiger partial charge on any atom is -0.474 e. The Kier molecular flexibility index (Phi) is 6.27. The zero-order valence-corrected chi connectivity index (χ0v) is 16.8. The molecule has 0 radical (unpaired) electrons. The Morgan fingerprint density at radius 3 is 2.61 bits per heavy atom. The first-order chi connectivity index (χ1) is 13.4. The van der Waals surface area contributed by atoms with Crippen LogP contribution in [0.1, 0.15) is 13.8 Å². The highest BCUT2D eigenvalue weighted by atomic mass is 35.5. The third-order valence-corrected chi connectivity index (χ3v) is 4.41. The van der Waals surface area contributed by atoms with Gasteiger partial charge in [-0.05, 0) is 36.2 Å². The molecule has 0 N–H and O–H groups in total. The second kappa shape index (κ2) is 8.67. The standard InChI is InChI=1S/C21H18Cl2O5/c1-12(2)10-26-18(24)11-27-21-19(25)15-9-13(22)7-8-17(15)28-20(21)14-5-3-4-6-16(14)23/h3-9,12H,10-11H2,1-2H3. The zero-order chi connectivity index (χ0) is 20.3. The summed E-state index contributed by atoms with van der Waals surface area (Å²) in [5.74, 6) is -0.369. The molecule has 0 atom stereocenters. The molecular formula is C21H18Cl2O5. The molecule has 146 valence electrons. The van der Waals surface area contributed by atoms with Crippen molar-refractivity contribution in [2.75, 3.05) is 13.2 Å². The predicted molar refractivity (Wildman–Crippen MR) is 109 cm³/mol. The number of halogens is 2. The van der Waals surface area contributed by atoms with Gasteiger partial charge in [0, 0.05) is 10.6 Å². The number of hydrogen-bond acceptors (Lipinski definition) is 5. The van der Waals surface area contributed by atoms with Crippen LogP contribution in [-0.4, -0.2) is 19.2 Å². The molecule has 0 unspecified atom stereocenters. The van der Waals surface area contributed by atoms with Crippen molar-refractivity contribution in [3.63, 3.8) is 0 Å². The molecule has 2 aromatic carbocycles. The molecule has 0 amide bonds. The quantitative estimate of drug-likeness (QED) is 0.503. The van der Waals surface area contributed by atoms with Gasteiger partial charge in [-0.15, -0.1) is 0 Å². The summed E-state index contributed by atoms with van der Waals surface area (Å²) in [7, 11) is 0. The summed E-state index contributed by atoms with van der Waals surface area (Å²) >= 11 is 12.3. The lowest BCUT2D eigenvalue weighted by Gasteiger charge is -2.13. The number of carbonyl (C=O) groups is 1. The monoisotopic (exact) mass is 420 g/mol. The number of carbonyl (C=O) groups excluding carboxylic acids is 1.